The van der Waals surface area contributed by atoms with Crippen molar-refractivity contribution in [3.05, 3.63) is 35.4 Å². The molecular formula is C24H40N4O5. The fraction of sp³-hybridized carbons (Fsp3) is 0.625. The van der Waals surface area contributed by atoms with E-state index in [0.717, 1.165) is 18.4 Å². The Labute approximate surface area is 196 Å². The minimum Gasteiger partial charge on any atom is -0.480 e. The molecule has 2 atom stereocenters. The first-order valence-corrected chi connectivity index (χ1v) is 11.4. The number of carboxylic acid groups (broad SMARTS) is 1. The molecule has 1 aromatic carbocycles. The van der Waals surface area contributed by atoms with Crippen molar-refractivity contribution in [2.45, 2.75) is 83.5 Å². The summed E-state index contributed by atoms with van der Waals surface area (Å²) in [5, 5.41) is 14.7. The lowest BCUT2D eigenvalue weighted by atomic mass is 9.98. The maximum Gasteiger partial charge on any atom is 0.326 e. The molecule has 0 aromatic heterocycles. The predicted octanol–water partition coefficient (Wildman–Crippen LogP) is 1.93. The molecule has 0 aliphatic carbocycles. The lowest BCUT2D eigenvalue weighted by Gasteiger charge is -2.30. The van der Waals surface area contributed by atoms with Gasteiger partial charge in [-0.05, 0) is 64.2 Å². The SMILES string of the molecule is CCC(C)(CCNC(=O)CCC(NC(=O)c1ccc(CN)cc1)C(=O)O)OCCC(C)(C)N. The molecule has 1 rings (SSSR count). The van der Waals surface area contributed by atoms with E-state index in [9.17, 15) is 19.5 Å². The van der Waals surface area contributed by atoms with Gasteiger partial charge >= 0.3 is 5.97 Å². The largest absolute Gasteiger partial charge is 0.480 e. The summed E-state index contributed by atoms with van der Waals surface area (Å²) in [6.07, 6.45) is 2.11. The Balaban J connectivity index is 2.47. The van der Waals surface area contributed by atoms with Crippen LogP contribution < -0.4 is 22.1 Å². The van der Waals surface area contributed by atoms with Crippen LogP contribution in [0.5, 0.6) is 0 Å². The topological polar surface area (TPSA) is 157 Å². The molecule has 2 amide bonds. The summed E-state index contributed by atoms with van der Waals surface area (Å²) in [6.45, 7) is 9.22. The minimum absolute atomic E-state index is 0.0130. The Morgan fingerprint density at radius 2 is 1.76 bits per heavy atom. The van der Waals surface area contributed by atoms with E-state index < -0.39 is 17.9 Å². The highest BCUT2D eigenvalue weighted by atomic mass is 16.5. The summed E-state index contributed by atoms with van der Waals surface area (Å²) in [5.74, 6) is -1.98. The number of carboxylic acids is 1. The van der Waals surface area contributed by atoms with Crippen molar-refractivity contribution in [1.29, 1.82) is 0 Å². The normalized spacial score (nSPS) is 14.2. The van der Waals surface area contributed by atoms with Crippen molar-refractivity contribution < 1.29 is 24.2 Å². The molecule has 186 valence electrons. The van der Waals surface area contributed by atoms with Crippen LogP contribution in [-0.4, -0.2) is 53.2 Å². The van der Waals surface area contributed by atoms with Crippen molar-refractivity contribution >= 4 is 17.8 Å². The molecule has 9 nitrogen and oxygen atoms in total. The maximum absolute atomic E-state index is 12.3. The molecule has 0 aliphatic rings. The number of hydrogen-bond donors (Lipinski definition) is 5. The van der Waals surface area contributed by atoms with E-state index in [1.807, 2.05) is 27.7 Å². The molecule has 0 aliphatic heterocycles. The highest BCUT2D eigenvalue weighted by Crippen LogP contribution is 2.20. The van der Waals surface area contributed by atoms with Crippen LogP contribution >= 0.6 is 0 Å². The van der Waals surface area contributed by atoms with Crippen LogP contribution in [-0.2, 0) is 20.9 Å². The molecule has 0 spiro atoms. The molecule has 1 aromatic rings. The number of rotatable bonds is 15. The van der Waals surface area contributed by atoms with Crippen LogP contribution in [0, 0.1) is 0 Å². The molecule has 2 unspecified atom stereocenters. The Kier molecular flexibility index (Phi) is 11.5. The molecule has 0 bridgehead atoms. The average Bonchev–Trinajstić information content (AvgIpc) is 2.75. The maximum atomic E-state index is 12.3. The van der Waals surface area contributed by atoms with Crippen molar-refractivity contribution in [1.82, 2.24) is 10.6 Å². The minimum atomic E-state index is -1.19. The van der Waals surface area contributed by atoms with Gasteiger partial charge in [0.05, 0.1) is 5.60 Å². The molecule has 0 saturated heterocycles. The number of benzene rings is 1. The number of carbonyl (C=O) groups is 3. The van der Waals surface area contributed by atoms with Crippen molar-refractivity contribution in [3.63, 3.8) is 0 Å². The molecule has 0 radical (unpaired) electrons. The second-order valence-corrected chi connectivity index (χ2v) is 9.29. The third-order valence-electron chi connectivity index (χ3n) is 5.64. The van der Waals surface area contributed by atoms with Crippen LogP contribution in [0.3, 0.4) is 0 Å². The second-order valence-electron chi connectivity index (χ2n) is 9.29. The number of ether oxygens (including phenoxy) is 1. The van der Waals surface area contributed by atoms with Crippen LogP contribution in [0.1, 0.15) is 75.7 Å². The van der Waals surface area contributed by atoms with Gasteiger partial charge in [0.1, 0.15) is 6.04 Å². The first-order valence-electron chi connectivity index (χ1n) is 11.4. The Morgan fingerprint density at radius 3 is 2.27 bits per heavy atom. The van der Waals surface area contributed by atoms with Gasteiger partial charge in [-0.15, -0.1) is 0 Å². The van der Waals surface area contributed by atoms with E-state index in [1.165, 1.54) is 0 Å². The van der Waals surface area contributed by atoms with Gasteiger partial charge in [0, 0.05) is 37.2 Å². The zero-order valence-electron chi connectivity index (χ0n) is 20.3. The van der Waals surface area contributed by atoms with Crippen LogP contribution in [0.4, 0.5) is 0 Å². The standard InChI is InChI=1S/C24H40N4O5/c1-5-24(4,33-15-13-23(2,3)26)12-14-27-20(29)11-10-19(22(31)32)28-21(30)18-8-6-17(16-25)7-9-18/h6-9,19H,5,10-16,25-26H2,1-4H3,(H,27,29)(H,28,30)(H,31,32). The van der Waals surface area contributed by atoms with Crippen molar-refractivity contribution in [2.75, 3.05) is 13.2 Å². The van der Waals surface area contributed by atoms with Gasteiger partial charge in [0.15, 0.2) is 0 Å². The molecule has 0 saturated carbocycles. The van der Waals surface area contributed by atoms with E-state index in [2.05, 4.69) is 10.6 Å². The third-order valence-corrected chi connectivity index (χ3v) is 5.64. The quantitative estimate of drug-likeness (QED) is 0.265. The number of aliphatic carboxylic acids is 1. The van der Waals surface area contributed by atoms with Gasteiger partial charge in [0.25, 0.3) is 5.91 Å². The lowest BCUT2D eigenvalue weighted by molar-refractivity contribution is -0.139. The van der Waals surface area contributed by atoms with Gasteiger partial charge in [-0.1, -0.05) is 19.1 Å². The summed E-state index contributed by atoms with van der Waals surface area (Å²) < 4.78 is 6.00. The summed E-state index contributed by atoms with van der Waals surface area (Å²) in [7, 11) is 0. The average molecular weight is 465 g/mol. The molecule has 0 heterocycles. The Morgan fingerprint density at radius 1 is 1.12 bits per heavy atom. The van der Waals surface area contributed by atoms with Crippen LogP contribution in [0.15, 0.2) is 24.3 Å². The Hall–Kier alpha value is -2.49. The van der Waals surface area contributed by atoms with E-state index in [-0.39, 0.29) is 29.9 Å². The van der Waals surface area contributed by atoms with Crippen LogP contribution in [0.2, 0.25) is 0 Å². The van der Waals surface area contributed by atoms with Gasteiger partial charge in [0.2, 0.25) is 5.91 Å². The monoisotopic (exact) mass is 464 g/mol. The number of amides is 2. The Bertz CT molecular complexity index is 776. The fourth-order valence-electron chi connectivity index (χ4n) is 3.03. The number of nitrogens with one attached hydrogen (secondary N) is 2. The summed E-state index contributed by atoms with van der Waals surface area (Å²) in [6, 6.07) is 5.43. The highest BCUT2D eigenvalue weighted by Gasteiger charge is 2.25. The first kappa shape index (κ1) is 28.5. The molecule has 0 fully saturated rings. The summed E-state index contributed by atoms with van der Waals surface area (Å²) >= 11 is 0. The van der Waals surface area contributed by atoms with Gasteiger partial charge < -0.3 is 31.9 Å². The van der Waals surface area contributed by atoms with Gasteiger partial charge in [-0.2, -0.15) is 0 Å². The van der Waals surface area contributed by atoms with Crippen molar-refractivity contribution in [3.8, 4) is 0 Å². The number of carbonyl (C=O) groups excluding carboxylic acids is 2. The lowest BCUT2D eigenvalue weighted by Crippen LogP contribution is -2.42. The zero-order valence-corrected chi connectivity index (χ0v) is 20.3. The predicted molar refractivity (Wildman–Crippen MR) is 128 cm³/mol. The van der Waals surface area contributed by atoms with E-state index in [0.29, 0.717) is 31.7 Å². The first-order chi connectivity index (χ1) is 15.4. The zero-order chi connectivity index (χ0) is 25.1. The third kappa shape index (κ3) is 11.3. The molecule has 33 heavy (non-hydrogen) atoms. The van der Waals surface area contributed by atoms with Crippen LogP contribution in [0.25, 0.3) is 0 Å². The van der Waals surface area contributed by atoms with Crippen molar-refractivity contribution in [2.24, 2.45) is 11.5 Å². The van der Waals surface area contributed by atoms with E-state index in [4.69, 9.17) is 16.2 Å². The summed E-state index contributed by atoms with van der Waals surface area (Å²) in [4.78, 5) is 36.1. The molecule has 7 N–H and O–H groups in total. The van der Waals surface area contributed by atoms with Gasteiger partial charge in [-0.3, -0.25) is 9.59 Å². The van der Waals surface area contributed by atoms with Gasteiger partial charge in [-0.25, -0.2) is 4.79 Å². The van der Waals surface area contributed by atoms with E-state index in [1.54, 1.807) is 24.3 Å². The fourth-order valence-corrected chi connectivity index (χ4v) is 3.03. The summed E-state index contributed by atoms with van der Waals surface area (Å²) in [5.41, 5.74) is 12.1. The number of nitrogens with two attached hydrogens (primary N) is 2. The number of hydrogen-bond acceptors (Lipinski definition) is 6. The highest BCUT2D eigenvalue weighted by molar-refractivity contribution is 5.96. The van der Waals surface area contributed by atoms with E-state index >= 15 is 0 Å². The molecule has 9 heteroatoms. The molecular weight excluding hydrogens is 424 g/mol. The second kappa shape index (κ2) is 13.3. The smallest absolute Gasteiger partial charge is 0.326 e.